The molecule has 1 heterocycles. The molecule has 0 fully saturated rings. The van der Waals surface area contributed by atoms with Crippen LogP contribution in [-0.2, 0) is 0 Å². The molecule has 0 saturated heterocycles. The normalized spacial score (nSPS) is 11.0. The monoisotopic (exact) mass is 270 g/mol. The fourth-order valence-electron chi connectivity index (χ4n) is 2.71. The lowest BCUT2D eigenvalue weighted by Crippen LogP contribution is -1.87. The minimum atomic E-state index is 0.780. The molecule has 3 aromatic carbocycles. The second-order valence-corrected chi connectivity index (χ2v) is 5.18. The van der Waals surface area contributed by atoms with E-state index in [1.54, 1.807) is 0 Å². The van der Waals surface area contributed by atoms with Gasteiger partial charge in [-0.05, 0) is 41.5 Å². The second kappa shape index (κ2) is 4.60. The summed E-state index contributed by atoms with van der Waals surface area (Å²) in [5.41, 5.74) is 10.9. The summed E-state index contributed by atoms with van der Waals surface area (Å²) in [5, 5.41) is 2.33. The summed E-state index contributed by atoms with van der Waals surface area (Å²) >= 11 is 0. The van der Waals surface area contributed by atoms with Crippen LogP contribution in [0, 0.1) is 0 Å². The van der Waals surface area contributed by atoms with E-state index in [1.807, 2.05) is 30.3 Å². The van der Waals surface area contributed by atoms with Gasteiger partial charge in [0.25, 0.3) is 0 Å². The SMILES string of the molecule is Nc1ccc(-c2cccc3nc4ccccc4cc23)cc1. The van der Waals surface area contributed by atoms with Crippen molar-refractivity contribution in [3.63, 3.8) is 0 Å². The lowest BCUT2D eigenvalue weighted by Gasteiger charge is -2.08. The van der Waals surface area contributed by atoms with E-state index in [2.05, 4.69) is 42.5 Å². The van der Waals surface area contributed by atoms with Crippen molar-refractivity contribution in [2.45, 2.75) is 0 Å². The average Bonchev–Trinajstić information content (AvgIpc) is 2.53. The summed E-state index contributed by atoms with van der Waals surface area (Å²) in [5.74, 6) is 0. The number of hydrogen-bond acceptors (Lipinski definition) is 2. The van der Waals surface area contributed by atoms with Gasteiger partial charge in [-0.1, -0.05) is 42.5 Å². The number of nitrogens with two attached hydrogens (primary N) is 1. The number of aromatic nitrogens is 1. The topological polar surface area (TPSA) is 38.9 Å². The summed E-state index contributed by atoms with van der Waals surface area (Å²) in [7, 11) is 0. The lowest BCUT2D eigenvalue weighted by atomic mass is 9.99. The molecule has 0 saturated carbocycles. The van der Waals surface area contributed by atoms with Gasteiger partial charge in [-0.3, -0.25) is 0 Å². The molecule has 0 bridgehead atoms. The van der Waals surface area contributed by atoms with Gasteiger partial charge in [-0.25, -0.2) is 4.98 Å². The van der Waals surface area contributed by atoms with Crippen molar-refractivity contribution in [2.24, 2.45) is 0 Å². The highest BCUT2D eigenvalue weighted by Gasteiger charge is 2.06. The molecule has 0 spiro atoms. The molecule has 2 nitrogen and oxygen atoms in total. The summed E-state index contributed by atoms with van der Waals surface area (Å²) in [6, 6.07) is 24.6. The molecule has 0 aliphatic carbocycles. The Morgan fingerprint density at radius 2 is 1.48 bits per heavy atom. The molecule has 4 aromatic rings. The highest BCUT2D eigenvalue weighted by molar-refractivity contribution is 6.01. The van der Waals surface area contributed by atoms with Crippen molar-refractivity contribution in [3.8, 4) is 11.1 Å². The predicted molar refractivity (Wildman–Crippen MR) is 89.1 cm³/mol. The van der Waals surface area contributed by atoms with Crippen LogP contribution in [-0.4, -0.2) is 4.98 Å². The largest absolute Gasteiger partial charge is 0.399 e. The first-order chi connectivity index (χ1) is 10.3. The molecule has 1 aromatic heterocycles. The Bertz CT molecular complexity index is 940. The molecule has 0 atom stereocenters. The fourth-order valence-corrected chi connectivity index (χ4v) is 2.71. The zero-order valence-corrected chi connectivity index (χ0v) is 11.5. The maximum atomic E-state index is 5.78. The highest BCUT2D eigenvalue weighted by Crippen LogP contribution is 2.30. The fraction of sp³-hybridized carbons (Fsp3) is 0. The average molecular weight is 270 g/mol. The van der Waals surface area contributed by atoms with Crippen molar-refractivity contribution in [1.82, 2.24) is 4.98 Å². The molecule has 2 heteroatoms. The second-order valence-electron chi connectivity index (χ2n) is 5.18. The van der Waals surface area contributed by atoms with Gasteiger partial charge in [-0.2, -0.15) is 0 Å². The van der Waals surface area contributed by atoms with Crippen LogP contribution in [0.1, 0.15) is 0 Å². The number of fused-ring (bicyclic) bond motifs is 2. The van der Waals surface area contributed by atoms with Crippen molar-refractivity contribution in [3.05, 3.63) is 72.8 Å². The predicted octanol–water partition coefficient (Wildman–Crippen LogP) is 4.64. The van der Waals surface area contributed by atoms with Crippen LogP contribution < -0.4 is 5.73 Å². The minimum Gasteiger partial charge on any atom is -0.399 e. The zero-order chi connectivity index (χ0) is 14.2. The van der Waals surface area contributed by atoms with Crippen LogP contribution in [0.25, 0.3) is 32.9 Å². The molecule has 21 heavy (non-hydrogen) atoms. The van der Waals surface area contributed by atoms with Gasteiger partial charge in [0, 0.05) is 16.5 Å². The molecule has 4 rings (SSSR count). The minimum absolute atomic E-state index is 0.780. The van der Waals surface area contributed by atoms with Gasteiger partial charge in [0.2, 0.25) is 0 Å². The number of anilines is 1. The molecular formula is C19H14N2. The number of pyridine rings is 1. The van der Waals surface area contributed by atoms with Crippen LogP contribution in [0.4, 0.5) is 5.69 Å². The third-order valence-corrected chi connectivity index (χ3v) is 3.78. The van der Waals surface area contributed by atoms with E-state index in [-0.39, 0.29) is 0 Å². The van der Waals surface area contributed by atoms with Crippen molar-refractivity contribution < 1.29 is 0 Å². The summed E-state index contributed by atoms with van der Waals surface area (Å²) in [4.78, 5) is 4.76. The Morgan fingerprint density at radius 3 is 2.33 bits per heavy atom. The maximum absolute atomic E-state index is 5.78. The van der Waals surface area contributed by atoms with Gasteiger partial charge >= 0.3 is 0 Å². The first-order valence-electron chi connectivity index (χ1n) is 6.96. The number of para-hydroxylation sites is 1. The van der Waals surface area contributed by atoms with Gasteiger partial charge < -0.3 is 5.73 Å². The molecule has 0 unspecified atom stereocenters. The van der Waals surface area contributed by atoms with Crippen molar-refractivity contribution in [1.29, 1.82) is 0 Å². The number of nitrogens with zero attached hydrogens (tertiary/aromatic N) is 1. The Kier molecular flexibility index (Phi) is 2.61. The Balaban J connectivity index is 2.04. The Labute approximate surface area is 122 Å². The third-order valence-electron chi connectivity index (χ3n) is 3.78. The van der Waals surface area contributed by atoms with E-state index in [0.29, 0.717) is 0 Å². The number of hydrogen-bond donors (Lipinski definition) is 1. The molecule has 0 aliphatic rings. The summed E-state index contributed by atoms with van der Waals surface area (Å²) in [6.45, 7) is 0. The molecule has 0 radical (unpaired) electrons. The third kappa shape index (κ3) is 2.01. The quantitative estimate of drug-likeness (QED) is 0.404. The Hall–Kier alpha value is -2.87. The van der Waals surface area contributed by atoms with Gasteiger partial charge in [0.15, 0.2) is 0 Å². The zero-order valence-electron chi connectivity index (χ0n) is 11.5. The van der Waals surface area contributed by atoms with E-state index >= 15 is 0 Å². The first kappa shape index (κ1) is 11.9. The van der Waals surface area contributed by atoms with E-state index in [0.717, 1.165) is 27.7 Å². The van der Waals surface area contributed by atoms with Crippen LogP contribution in [0.3, 0.4) is 0 Å². The molecule has 2 N–H and O–H groups in total. The van der Waals surface area contributed by atoms with E-state index in [9.17, 15) is 0 Å². The summed E-state index contributed by atoms with van der Waals surface area (Å²) in [6.07, 6.45) is 0. The maximum Gasteiger partial charge on any atom is 0.0715 e. The summed E-state index contributed by atoms with van der Waals surface area (Å²) < 4.78 is 0. The molecule has 0 amide bonds. The van der Waals surface area contributed by atoms with Gasteiger partial charge in [-0.15, -0.1) is 0 Å². The molecular weight excluding hydrogens is 256 g/mol. The lowest BCUT2D eigenvalue weighted by molar-refractivity contribution is 1.49. The molecule has 100 valence electrons. The van der Waals surface area contributed by atoms with Crippen molar-refractivity contribution >= 4 is 27.5 Å². The standard InChI is InChI=1S/C19H14N2/c20-15-10-8-13(9-11-15)16-5-3-7-19-17(16)12-14-4-1-2-6-18(14)21-19/h1-12H,20H2. The molecule has 0 aliphatic heterocycles. The van der Waals surface area contributed by atoms with Crippen LogP contribution in [0.15, 0.2) is 72.8 Å². The van der Waals surface area contributed by atoms with E-state index in [1.165, 1.54) is 10.9 Å². The Morgan fingerprint density at radius 1 is 0.714 bits per heavy atom. The first-order valence-corrected chi connectivity index (χ1v) is 6.96. The number of rotatable bonds is 1. The number of nitrogen functional groups attached to an aromatic ring is 1. The van der Waals surface area contributed by atoms with Gasteiger partial charge in [0.1, 0.15) is 0 Å². The van der Waals surface area contributed by atoms with Crippen molar-refractivity contribution in [2.75, 3.05) is 5.73 Å². The van der Waals surface area contributed by atoms with Gasteiger partial charge in [0.05, 0.1) is 11.0 Å². The van der Waals surface area contributed by atoms with E-state index in [4.69, 9.17) is 10.7 Å². The number of benzene rings is 3. The van der Waals surface area contributed by atoms with Crippen LogP contribution >= 0.6 is 0 Å². The smallest absolute Gasteiger partial charge is 0.0715 e. The van der Waals surface area contributed by atoms with Crippen LogP contribution in [0.2, 0.25) is 0 Å². The van der Waals surface area contributed by atoms with Crippen LogP contribution in [0.5, 0.6) is 0 Å². The van der Waals surface area contributed by atoms with E-state index < -0.39 is 0 Å². The highest BCUT2D eigenvalue weighted by atomic mass is 14.7.